The molecule has 0 fully saturated rings. The number of carbonyl (C=O) groups is 1. The minimum Gasteiger partial charge on any atom is -0.326 e. The maximum Gasteiger partial charge on any atom is 0.456 e. The van der Waals surface area contributed by atoms with Crippen LogP contribution in [0.2, 0.25) is 5.28 Å². The molecule has 1 aromatic heterocycles. The second kappa shape index (κ2) is 2.78. The lowest BCUT2D eigenvalue weighted by atomic mass is 10.3. The van der Waals surface area contributed by atoms with Crippen molar-refractivity contribution in [2.75, 3.05) is 0 Å². The zero-order chi connectivity index (χ0) is 9.35. The Morgan fingerprint density at radius 3 is 2.50 bits per heavy atom. The van der Waals surface area contributed by atoms with Gasteiger partial charge in [-0.15, -0.1) is 0 Å². The molecule has 1 N–H and O–H groups in total. The van der Waals surface area contributed by atoms with Gasteiger partial charge in [-0.2, -0.15) is 13.2 Å². The summed E-state index contributed by atoms with van der Waals surface area (Å²) in [6, 6.07) is 0. The molecule has 12 heavy (non-hydrogen) atoms. The normalized spacial score (nSPS) is 11.7. The van der Waals surface area contributed by atoms with E-state index >= 15 is 0 Å². The van der Waals surface area contributed by atoms with E-state index in [1.807, 2.05) is 4.98 Å². The standard InChI is InChI=1S/C5H2ClF3N2O/c6-4-10-1-2(11-4)3(12)5(7,8)9/h1H,(H,10,11). The van der Waals surface area contributed by atoms with Crippen LogP contribution in [0.4, 0.5) is 13.2 Å². The first kappa shape index (κ1) is 9.05. The number of alkyl halides is 3. The Hall–Kier alpha value is -1.04. The summed E-state index contributed by atoms with van der Waals surface area (Å²) >= 11 is 5.17. The number of ketones is 1. The molecule has 0 radical (unpaired) electrons. The van der Waals surface area contributed by atoms with Crippen molar-refractivity contribution in [1.82, 2.24) is 9.97 Å². The van der Waals surface area contributed by atoms with Gasteiger partial charge in [0.25, 0.3) is 5.78 Å². The number of Topliss-reactive ketones (excluding diaryl/α,β-unsaturated/α-hetero) is 1. The first-order chi connectivity index (χ1) is 5.41. The van der Waals surface area contributed by atoms with Gasteiger partial charge in [-0.1, -0.05) is 0 Å². The number of aromatic nitrogens is 2. The van der Waals surface area contributed by atoms with Crippen molar-refractivity contribution in [1.29, 1.82) is 0 Å². The van der Waals surface area contributed by atoms with Crippen LogP contribution in [0.15, 0.2) is 6.20 Å². The summed E-state index contributed by atoms with van der Waals surface area (Å²) in [6.07, 6.45) is -4.16. The molecule has 0 aliphatic rings. The third-order valence-corrected chi connectivity index (χ3v) is 1.24. The number of imidazole rings is 1. The maximum absolute atomic E-state index is 11.7. The van der Waals surface area contributed by atoms with Crippen LogP contribution in [-0.4, -0.2) is 21.9 Å². The number of nitrogens with one attached hydrogen (secondary N) is 1. The molecule has 0 unspecified atom stereocenters. The van der Waals surface area contributed by atoms with E-state index in [0.29, 0.717) is 0 Å². The third-order valence-electron chi connectivity index (χ3n) is 1.05. The summed E-state index contributed by atoms with van der Waals surface area (Å²) in [4.78, 5) is 15.6. The highest BCUT2D eigenvalue weighted by atomic mass is 35.5. The minimum atomic E-state index is -4.89. The van der Waals surface area contributed by atoms with Crippen LogP contribution in [0.1, 0.15) is 10.5 Å². The van der Waals surface area contributed by atoms with Gasteiger partial charge < -0.3 is 4.98 Å². The van der Waals surface area contributed by atoms with Crippen molar-refractivity contribution in [3.63, 3.8) is 0 Å². The lowest BCUT2D eigenvalue weighted by molar-refractivity contribution is -0.0888. The molecular weight excluding hydrogens is 197 g/mol. The van der Waals surface area contributed by atoms with Gasteiger partial charge in [0.2, 0.25) is 5.28 Å². The van der Waals surface area contributed by atoms with Crippen LogP contribution in [0, 0.1) is 0 Å². The fourth-order valence-corrected chi connectivity index (χ4v) is 0.716. The highest BCUT2D eigenvalue weighted by Gasteiger charge is 2.40. The Kier molecular flexibility index (Phi) is 2.10. The highest BCUT2D eigenvalue weighted by Crippen LogP contribution is 2.20. The number of hydrogen-bond donors (Lipinski definition) is 1. The predicted octanol–water partition coefficient (Wildman–Crippen LogP) is 1.81. The van der Waals surface area contributed by atoms with Crippen LogP contribution in [-0.2, 0) is 0 Å². The second-order valence-electron chi connectivity index (χ2n) is 1.91. The van der Waals surface area contributed by atoms with E-state index < -0.39 is 17.7 Å². The van der Waals surface area contributed by atoms with Gasteiger partial charge in [-0.3, -0.25) is 4.79 Å². The summed E-state index contributed by atoms with van der Waals surface area (Å²) in [5.41, 5.74) is -0.660. The first-order valence-electron chi connectivity index (χ1n) is 2.73. The molecular formula is C5H2ClF3N2O. The Morgan fingerprint density at radius 2 is 2.17 bits per heavy atom. The Morgan fingerprint density at radius 1 is 1.58 bits per heavy atom. The van der Waals surface area contributed by atoms with Crippen LogP contribution in [0.5, 0.6) is 0 Å². The molecule has 0 amide bonds. The molecule has 0 aliphatic carbocycles. The smallest absolute Gasteiger partial charge is 0.326 e. The molecule has 0 saturated carbocycles. The van der Waals surface area contributed by atoms with Gasteiger partial charge in [0.05, 0.1) is 6.20 Å². The lowest BCUT2D eigenvalue weighted by Crippen LogP contribution is -2.22. The molecule has 66 valence electrons. The molecule has 3 nitrogen and oxygen atoms in total. The molecule has 1 rings (SSSR count). The van der Waals surface area contributed by atoms with Crippen molar-refractivity contribution in [3.05, 3.63) is 17.2 Å². The van der Waals surface area contributed by atoms with Crippen molar-refractivity contribution >= 4 is 17.4 Å². The van der Waals surface area contributed by atoms with Gasteiger partial charge in [-0.05, 0) is 11.6 Å². The van der Waals surface area contributed by atoms with Crippen molar-refractivity contribution < 1.29 is 18.0 Å². The van der Waals surface area contributed by atoms with Crippen LogP contribution in [0.25, 0.3) is 0 Å². The summed E-state index contributed by atoms with van der Waals surface area (Å²) in [5, 5.41) is -0.248. The van der Waals surface area contributed by atoms with E-state index in [4.69, 9.17) is 11.6 Å². The summed E-state index contributed by atoms with van der Waals surface area (Å²) in [5.74, 6) is -1.98. The minimum absolute atomic E-state index is 0.248. The van der Waals surface area contributed by atoms with Gasteiger partial charge in [-0.25, -0.2) is 4.98 Å². The molecule has 1 aromatic rings. The van der Waals surface area contributed by atoms with Crippen LogP contribution >= 0.6 is 11.6 Å². The summed E-state index contributed by atoms with van der Waals surface area (Å²) in [6.45, 7) is 0. The van der Waals surface area contributed by atoms with Crippen LogP contribution in [0.3, 0.4) is 0 Å². The Labute approximate surface area is 69.6 Å². The van der Waals surface area contributed by atoms with Gasteiger partial charge in [0.1, 0.15) is 5.69 Å². The fourth-order valence-electron chi connectivity index (χ4n) is 0.565. The van der Waals surface area contributed by atoms with Crippen molar-refractivity contribution in [2.24, 2.45) is 0 Å². The first-order valence-corrected chi connectivity index (χ1v) is 3.11. The average molecular weight is 199 g/mol. The predicted molar refractivity (Wildman–Crippen MR) is 34.0 cm³/mol. The quantitative estimate of drug-likeness (QED) is 0.700. The maximum atomic E-state index is 11.7. The summed E-state index contributed by atoms with van der Waals surface area (Å²) < 4.78 is 35.1. The lowest BCUT2D eigenvalue weighted by Gasteiger charge is -2.00. The molecule has 0 saturated heterocycles. The van der Waals surface area contributed by atoms with E-state index in [-0.39, 0.29) is 5.28 Å². The second-order valence-corrected chi connectivity index (χ2v) is 2.27. The Bertz CT molecular complexity index is 306. The SMILES string of the molecule is O=C(c1cnc(Cl)[nH]1)C(F)(F)F. The molecule has 0 aliphatic heterocycles. The molecule has 0 spiro atoms. The molecule has 0 aromatic carbocycles. The number of halogens is 4. The Balaban J connectivity index is 2.93. The zero-order valence-corrected chi connectivity index (χ0v) is 6.20. The average Bonchev–Trinajstić information content (AvgIpc) is 2.32. The molecule has 0 atom stereocenters. The van der Waals surface area contributed by atoms with Gasteiger partial charge in [0, 0.05) is 0 Å². The summed E-state index contributed by atoms with van der Waals surface area (Å²) in [7, 11) is 0. The highest BCUT2D eigenvalue weighted by molar-refractivity contribution is 6.28. The van der Waals surface area contributed by atoms with E-state index in [9.17, 15) is 18.0 Å². The topological polar surface area (TPSA) is 45.8 Å². The zero-order valence-electron chi connectivity index (χ0n) is 5.44. The number of carbonyl (C=O) groups excluding carboxylic acids is 1. The van der Waals surface area contributed by atoms with Gasteiger partial charge >= 0.3 is 6.18 Å². The molecule has 1 heterocycles. The van der Waals surface area contributed by atoms with Gasteiger partial charge in [0.15, 0.2) is 0 Å². The third kappa shape index (κ3) is 1.76. The molecule has 7 heteroatoms. The van der Waals surface area contributed by atoms with Crippen molar-refractivity contribution in [3.8, 4) is 0 Å². The van der Waals surface area contributed by atoms with Crippen LogP contribution < -0.4 is 0 Å². The van der Waals surface area contributed by atoms with Crippen molar-refractivity contribution in [2.45, 2.75) is 6.18 Å². The monoisotopic (exact) mass is 198 g/mol. The van der Waals surface area contributed by atoms with E-state index in [1.165, 1.54) is 0 Å². The van der Waals surface area contributed by atoms with E-state index in [2.05, 4.69) is 4.98 Å². The number of nitrogens with zero attached hydrogens (tertiary/aromatic N) is 1. The number of hydrogen-bond acceptors (Lipinski definition) is 2. The number of H-pyrrole nitrogens is 1. The number of aromatic amines is 1. The van der Waals surface area contributed by atoms with E-state index in [1.54, 1.807) is 0 Å². The molecule has 0 bridgehead atoms. The number of rotatable bonds is 1. The fraction of sp³-hybridized carbons (Fsp3) is 0.200. The van der Waals surface area contributed by atoms with E-state index in [0.717, 1.165) is 6.20 Å². The largest absolute Gasteiger partial charge is 0.456 e.